The Bertz CT molecular complexity index is 1130. The molecule has 0 saturated carbocycles. The Morgan fingerprint density at radius 2 is 1.53 bits per heavy atom. The fourth-order valence-electron chi connectivity index (χ4n) is 3.59. The minimum absolute atomic E-state index is 0.221. The molecule has 5 heteroatoms. The van der Waals surface area contributed by atoms with Crippen LogP contribution in [0.25, 0.3) is 5.57 Å². The average Bonchev–Trinajstić information content (AvgIpc) is 3.04. The standard InChI is InChI=1S/C27H26N2O3/c1-3-17-32-23-15-11-21(12-16-23)24-25(28-22-13-9-19(2)10-14-22)27(31)29(26(24)30)18-20-7-5-4-6-8-20/h4-16,28H,3,17-18H2,1-2H3. The number of benzene rings is 3. The number of nitrogens with zero attached hydrogens (tertiary/aromatic N) is 1. The molecule has 3 aromatic rings. The number of ether oxygens (including phenoxy) is 1. The second-order valence-electron chi connectivity index (χ2n) is 7.80. The van der Waals surface area contributed by atoms with E-state index in [-0.39, 0.29) is 24.1 Å². The summed E-state index contributed by atoms with van der Waals surface area (Å²) in [5, 5.41) is 3.20. The quantitative estimate of drug-likeness (QED) is 0.505. The van der Waals surface area contributed by atoms with Crippen molar-refractivity contribution in [1.29, 1.82) is 0 Å². The molecule has 0 saturated heterocycles. The highest BCUT2D eigenvalue weighted by atomic mass is 16.5. The summed E-state index contributed by atoms with van der Waals surface area (Å²) >= 11 is 0. The van der Waals surface area contributed by atoms with Crippen LogP contribution in [0.2, 0.25) is 0 Å². The molecule has 0 bridgehead atoms. The van der Waals surface area contributed by atoms with Crippen LogP contribution >= 0.6 is 0 Å². The fraction of sp³-hybridized carbons (Fsp3) is 0.185. The predicted octanol–water partition coefficient (Wildman–Crippen LogP) is 5.18. The Labute approximate surface area is 188 Å². The maximum atomic E-state index is 13.4. The van der Waals surface area contributed by atoms with E-state index in [9.17, 15) is 9.59 Å². The SMILES string of the molecule is CCCOc1ccc(C2=C(Nc3ccc(C)cc3)C(=O)N(Cc3ccccc3)C2=O)cc1. The molecule has 0 fully saturated rings. The Morgan fingerprint density at radius 1 is 0.844 bits per heavy atom. The molecule has 2 amide bonds. The van der Waals surface area contributed by atoms with E-state index < -0.39 is 0 Å². The van der Waals surface area contributed by atoms with Crippen LogP contribution in [-0.4, -0.2) is 23.3 Å². The Hall–Kier alpha value is -3.86. The number of amides is 2. The molecule has 1 aliphatic heterocycles. The van der Waals surface area contributed by atoms with E-state index in [1.807, 2.05) is 92.7 Å². The summed E-state index contributed by atoms with van der Waals surface area (Å²) in [6.07, 6.45) is 0.916. The maximum absolute atomic E-state index is 13.4. The van der Waals surface area contributed by atoms with Gasteiger partial charge in [0.05, 0.1) is 18.7 Å². The van der Waals surface area contributed by atoms with E-state index in [1.165, 1.54) is 4.90 Å². The van der Waals surface area contributed by atoms with Gasteiger partial charge in [-0.2, -0.15) is 0 Å². The van der Waals surface area contributed by atoms with Gasteiger partial charge in [-0.05, 0) is 48.7 Å². The van der Waals surface area contributed by atoms with Gasteiger partial charge < -0.3 is 10.1 Å². The van der Waals surface area contributed by atoms with Gasteiger partial charge in [-0.1, -0.05) is 67.1 Å². The van der Waals surface area contributed by atoms with Gasteiger partial charge in [0.15, 0.2) is 0 Å². The minimum Gasteiger partial charge on any atom is -0.494 e. The summed E-state index contributed by atoms with van der Waals surface area (Å²) in [4.78, 5) is 28.0. The van der Waals surface area contributed by atoms with Crippen molar-refractivity contribution >= 4 is 23.1 Å². The largest absolute Gasteiger partial charge is 0.494 e. The number of anilines is 1. The third-order valence-electron chi connectivity index (χ3n) is 5.29. The smallest absolute Gasteiger partial charge is 0.278 e. The van der Waals surface area contributed by atoms with E-state index in [0.29, 0.717) is 17.7 Å². The molecule has 0 atom stereocenters. The number of carbonyl (C=O) groups excluding carboxylic acids is 2. The summed E-state index contributed by atoms with van der Waals surface area (Å²) in [5.74, 6) is 0.0959. The molecule has 1 aliphatic rings. The number of hydrogen-bond donors (Lipinski definition) is 1. The van der Waals surface area contributed by atoms with Crippen LogP contribution in [0.4, 0.5) is 5.69 Å². The molecule has 0 spiro atoms. The third-order valence-corrected chi connectivity index (χ3v) is 5.29. The van der Waals surface area contributed by atoms with Crippen molar-refractivity contribution in [2.24, 2.45) is 0 Å². The second kappa shape index (κ2) is 9.52. The molecular formula is C27H26N2O3. The van der Waals surface area contributed by atoms with Crippen LogP contribution in [-0.2, 0) is 16.1 Å². The van der Waals surface area contributed by atoms with Crippen molar-refractivity contribution in [1.82, 2.24) is 4.90 Å². The second-order valence-corrected chi connectivity index (χ2v) is 7.80. The molecule has 162 valence electrons. The summed E-state index contributed by atoms with van der Waals surface area (Å²) in [7, 11) is 0. The van der Waals surface area contributed by atoms with E-state index >= 15 is 0 Å². The molecule has 32 heavy (non-hydrogen) atoms. The predicted molar refractivity (Wildman–Crippen MR) is 126 cm³/mol. The minimum atomic E-state index is -0.333. The lowest BCUT2D eigenvalue weighted by Gasteiger charge is -2.15. The Balaban J connectivity index is 1.69. The van der Waals surface area contributed by atoms with Gasteiger partial charge in [0.25, 0.3) is 11.8 Å². The van der Waals surface area contributed by atoms with Gasteiger partial charge in [0.1, 0.15) is 11.4 Å². The molecule has 1 heterocycles. The molecular weight excluding hydrogens is 400 g/mol. The van der Waals surface area contributed by atoms with Crippen molar-refractivity contribution in [2.45, 2.75) is 26.8 Å². The number of nitrogens with one attached hydrogen (secondary N) is 1. The zero-order valence-corrected chi connectivity index (χ0v) is 18.3. The van der Waals surface area contributed by atoms with Gasteiger partial charge in [-0.3, -0.25) is 14.5 Å². The van der Waals surface area contributed by atoms with Gasteiger partial charge in [-0.25, -0.2) is 0 Å². The van der Waals surface area contributed by atoms with Crippen LogP contribution in [0.1, 0.15) is 30.0 Å². The van der Waals surface area contributed by atoms with Crippen molar-refractivity contribution in [3.05, 3.63) is 101 Å². The molecule has 3 aromatic carbocycles. The third kappa shape index (κ3) is 4.57. The van der Waals surface area contributed by atoms with Gasteiger partial charge >= 0.3 is 0 Å². The van der Waals surface area contributed by atoms with Gasteiger partial charge in [0, 0.05) is 5.69 Å². The maximum Gasteiger partial charge on any atom is 0.278 e. The van der Waals surface area contributed by atoms with Crippen molar-refractivity contribution < 1.29 is 14.3 Å². The lowest BCUT2D eigenvalue weighted by molar-refractivity contribution is -0.137. The van der Waals surface area contributed by atoms with Crippen LogP contribution < -0.4 is 10.1 Å². The highest BCUT2D eigenvalue weighted by molar-refractivity contribution is 6.36. The van der Waals surface area contributed by atoms with Crippen LogP contribution in [0.3, 0.4) is 0 Å². The number of rotatable bonds is 8. The first-order valence-corrected chi connectivity index (χ1v) is 10.8. The van der Waals surface area contributed by atoms with Crippen LogP contribution in [0.5, 0.6) is 5.75 Å². The van der Waals surface area contributed by atoms with E-state index in [4.69, 9.17) is 4.74 Å². The van der Waals surface area contributed by atoms with Crippen LogP contribution in [0, 0.1) is 6.92 Å². The summed E-state index contributed by atoms with van der Waals surface area (Å²) in [6, 6.07) is 24.6. The lowest BCUT2D eigenvalue weighted by Crippen LogP contribution is -2.31. The zero-order chi connectivity index (χ0) is 22.5. The molecule has 1 N–H and O–H groups in total. The normalized spacial score (nSPS) is 13.6. The number of hydrogen-bond acceptors (Lipinski definition) is 4. The van der Waals surface area contributed by atoms with Crippen molar-refractivity contribution in [2.75, 3.05) is 11.9 Å². The first-order chi connectivity index (χ1) is 15.6. The first-order valence-electron chi connectivity index (χ1n) is 10.8. The summed E-state index contributed by atoms with van der Waals surface area (Å²) in [5.41, 5.74) is 4.11. The topological polar surface area (TPSA) is 58.6 Å². The number of carbonyl (C=O) groups is 2. The molecule has 5 nitrogen and oxygen atoms in total. The van der Waals surface area contributed by atoms with E-state index in [1.54, 1.807) is 0 Å². The van der Waals surface area contributed by atoms with E-state index in [2.05, 4.69) is 5.32 Å². The highest BCUT2D eigenvalue weighted by Gasteiger charge is 2.39. The average molecular weight is 427 g/mol. The molecule has 0 radical (unpaired) electrons. The molecule has 0 unspecified atom stereocenters. The van der Waals surface area contributed by atoms with Crippen molar-refractivity contribution in [3.8, 4) is 5.75 Å². The molecule has 4 rings (SSSR count). The highest BCUT2D eigenvalue weighted by Crippen LogP contribution is 2.32. The molecule has 0 aromatic heterocycles. The van der Waals surface area contributed by atoms with Crippen LogP contribution in [0.15, 0.2) is 84.6 Å². The summed E-state index contributed by atoms with van der Waals surface area (Å²) < 4.78 is 5.66. The van der Waals surface area contributed by atoms with Gasteiger partial charge in [0.2, 0.25) is 0 Å². The number of aryl methyl sites for hydroxylation is 1. The zero-order valence-electron chi connectivity index (χ0n) is 18.3. The monoisotopic (exact) mass is 426 g/mol. The Morgan fingerprint density at radius 3 is 2.19 bits per heavy atom. The summed E-state index contributed by atoms with van der Waals surface area (Å²) in [6.45, 7) is 4.90. The van der Waals surface area contributed by atoms with E-state index in [0.717, 1.165) is 29.0 Å². The fourth-order valence-corrected chi connectivity index (χ4v) is 3.59. The molecule has 0 aliphatic carbocycles. The van der Waals surface area contributed by atoms with Crippen molar-refractivity contribution in [3.63, 3.8) is 0 Å². The number of imide groups is 1. The lowest BCUT2D eigenvalue weighted by atomic mass is 10.0. The first kappa shape index (κ1) is 21.4. The van der Waals surface area contributed by atoms with Gasteiger partial charge in [-0.15, -0.1) is 0 Å². The Kier molecular flexibility index (Phi) is 6.36.